The fourth-order valence-corrected chi connectivity index (χ4v) is 2.64. The molecule has 3 aromatic rings. The number of tetrazole rings is 1. The van der Waals surface area contributed by atoms with E-state index in [0.29, 0.717) is 5.82 Å². The van der Waals surface area contributed by atoms with Crippen molar-refractivity contribution in [2.75, 3.05) is 6.61 Å². The molecule has 7 heteroatoms. The van der Waals surface area contributed by atoms with Crippen LogP contribution in [0.5, 0.6) is 5.75 Å². The number of ether oxygens (including phenoxy) is 1. The molecule has 1 aromatic carbocycles. The van der Waals surface area contributed by atoms with E-state index in [4.69, 9.17) is 9.26 Å². The summed E-state index contributed by atoms with van der Waals surface area (Å²) in [6.07, 6.45) is 6.79. The first kappa shape index (κ1) is 17.1. The largest absolute Gasteiger partial charge is 0.494 e. The van der Waals surface area contributed by atoms with Gasteiger partial charge in [-0.2, -0.15) is 5.21 Å². The lowest BCUT2D eigenvalue weighted by Crippen LogP contribution is -1.97. The van der Waals surface area contributed by atoms with Crippen LogP contribution in [0.3, 0.4) is 0 Å². The Hall–Kier alpha value is -2.70. The van der Waals surface area contributed by atoms with Gasteiger partial charge in [0.2, 0.25) is 5.82 Å². The number of H-pyrrole nitrogens is 1. The van der Waals surface area contributed by atoms with Crippen molar-refractivity contribution in [3.8, 4) is 17.1 Å². The van der Waals surface area contributed by atoms with E-state index < -0.39 is 0 Å². The highest BCUT2D eigenvalue weighted by Gasteiger charge is 2.03. The Kier molecular flexibility index (Phi) is 6.14. The Labute approximate surface area is 146 Å². The van der Waals surface area contributed by atoms with Gasteiger partial charge in [-0.3, -0.25) is 0 Å². The van der Waals surface area contributed by atoms with Crippen molar-refractivity contribution in [2.45, 2.75) is 45.4 Å². The summed E-state index contributed by atoms with van der Waals surface area (Å²) >= 11 is 0. The summed E-state index contributed by atoms with van der Waals surface area (Å²) in [4.78, 5) is 0. The van der Waals surface area contributed by atoms with Gasteiger partial charge >= 0.3 is 0 Å². The summed E-state index contributed by atoms with van der Waals surface area (Å²) in [6, 6.07) is 9.75. The molecule has 2 heterocycles. The topological polar surface area (TPSA) is 89.7 Å². The van der Waals surface area contributed by atoms with Gasteiger partial charge in [-0.15, -0.1) is 10.2 Å². The van der Waals surface area contributed by atoms with Gasteiger partial charge in [-0.1, -0.05) is 24.4 Å². The summed E-state index contributed by atoms with van der Waals surface area (Å²) < 4.78 is 11.0. The molecular weight excluding hydrogens is 318 g/mol. The van der Waals surface area contributed by atoms with Crippen molar-refractivity contribution in [1.29, 1.82) is 0 Å². The summed E-state index contributed by atoms with van der Waals surface area (Å²) in [5, 5.41) is 17.8. The average Bonchev–Trinajstić information content (AvgIpc) is 3.30. The van der Waals surface area contributed by atoms with Crippen LogP contribution in [0.15, 0.2) is 34.9 Å². The van der Waals surface area contributed by atoms with Crippen LogP contribution >= 0.6 is 0 Å². The highest BCUT2D eigenvalue weighted by molar-refractivity contribution is 5.54. The molecular formula is C18H23N5O2. The predicted octanol–water partition coefficient (Wildman–Crippen LogP) is 3.74. The van der Waals surface area contributed by atoms with Gasteiger partial charge in [0.15, 0.2) is 0 Å². The monoisotopic (exact) mass is 341 g/mol. The molecule has 0 saturated heterocycles. The molecule has 0 amide bonds. The van der Waals surface area contributed by atoms with Crippen LogP contribution in [-0.4, -0.2) is 32.4 Å². The summed E-state index contributed by atoms with van der Waals surface area (Å²) in [7, 11) is 0. The number of aryl methyl sites for hydroxylation is 2. The van der Waals surface area contributed by atoms with Gasteiger partial charge in [-0.05, 0) is 49.2 Å². The molecule has 7 nitrogen and oxygen atoms in total. The average molecular weight is 341 g/mol. The number of nitrogens with one attached hydrogen (secondary N) is 1. The SMILES string of the molecule is Cc1cc(CCCCCCCOc2ccc(-c3nn[nH]n3)cc2)on1. The fraction of sp³-hybridized carbons (Fsp3) is 0.444. The van der Waals surface area contributed by atoms with E-state index in [1.165, 1.54) is 19.3 Å². The number of aromatic nitrogens is 5. The molecule has 0 saturated carbocycles. The van der Waals surface area contributed by atoms with Crippen LogP contribution in [0.4, 0.5) is 0 Å². The first-order chi connectivity index (χ1) is 12.3. The molecule has 0 aliphatic heterocycles. The zero-order chi connectivity index (χ0) is 17.3. The van der Waals surface area contributed by atoms with Crippen LogP contribution < -0.4 is 4.74 Å². The number of benzene rings is 1. The Morgan fingerprint density at radius 3 is 2.56 bits per heavy atom. The molecule has 0 aliphatic carbocycles. The summed E-state index contributed by atoms with van der Waals surface area (Å²) in [5.74, 6) is 2.45. The normalized spacial score (nSPS) is 10.9. The van der Waals surface area contributed by atoms with E-state index >= 15 is 0 Å². The van der Waals surface area contributed by atoms with Crippen molar-refractivity contribution in [1.82, 2.24) is 25.8 Å². The van der Waals surface area contributed by atoms with E-state index in [1.54, 1.807) is 0 Å². The maximum absolute atomic E-state index is 5.77. The van der Waals surface area contributed by atoms with Gasteiger partial charge in [-0.25, -0.2) is 0 Å². The second-order valence-corrected chi connectivity index (χ2v) is 6.06. The van der Waals surface area contributed by atoms with Crippen molar-refractivity contribution in [3.63, 3.8) is 0 Å². The molecule has 0 unspecified atom stereocenters. The highest BCUT2D eigenvalue weighted by atomic mass is 16.5. The second kappa shape index (κ2) is 8.96. The minimum absolute atomic E-state index is 0.590. The minimum atomic E-state index is 0.590. The highest BCUT2D eigenvalue weighted by Crippen LogP contribution is 2.18. The van der Waals surface area contributed by atoms with Crippen molar-refractivity contribution in [3.05, 3.63) is 41.8 Å². The Morgan fingerprint density at radius 2 is 1.84 bits per heavy atom. The number of hydrogen-bond donors (Lipinski definition) is 1. The van der Waals surface area contributed by atoms with E-state index in [1.807, 2.05) is 37.3 Å². The quantitative estimate of drug-likeness (QED) is 0.565. The first-order valence-electron chi connectivity index (χ1n) is 8.70. The van der Waals surface area contributed by atoms with Crippen LogP contribution in [0.1, 0.15) is 43.6 Å². The van der Waals surface area contributed by atoms with Crippen LogP contribution in [0.25, 0.3) is 11.4 Å². The van der Waals surface area contributed by atoms with E-state index in [9.17, 15) is 0 Å². The molecule has 0 fully saturated rings. The number of nitrogens with zero attached hydrogens (tertiary/aromatic N) is 4. The third-order valence-corrected chi connectivity index (χ3v) is 3.97. The molecule has 2 aromatic heterocycles. The molecule has 0 aliphatic rings. The lowest BCUT2D eigenvalue weighted by Gasteiger charge is -2.06. The predicted molar refractivity (Wildman–Crippen MR) is 93.1 cm³/mol. The maximum atomic E-state index is 5.77. The summed E-state index contributed by atoms with van der Waals surface area (Å²) in [5.41, 5.74) is 1.88. The van der Waals surface area contributed by atoms with Gasteiger partial charge < -0.3 is 9.26 Å². The molecule has 0 atom stereocenters. The molecule has 0 spiro atoms. The van der Waals surface area contributed by atoms with E-state index in [0.717, 1.165) is 48.6 Å². The second-order valence-electron chi connectivity index (χ2n) is 6.06. The molecule has 3 rings (SSSR count). The Balaban J connectivity index is 1.25. The number of unbranched alkanes of at least 4 members (excludes halogenated alkanes) is 4. The van der Waals surface area contributed by atoms with Gasteiger partial charge in [0.25, 0.3) is 0 Å². The summed E-state index contributed by atoms with van der Waals surface area (Å²) in [6.45, 7) is 2.69. The lowest BCUT2D eigenvalue weighted by atomic mass is 10.1. The number of hydrogen-bond acceptors (Lipinski definition) is 6. The molecule has 0 radical (unpaired) electrons. The minimum Gasteiger partial charge on any atom is -0.494 e. The Morgan fingerprint density at radius 1 is 1.04 bits per heavy atom. The fourth-order valence-electron chi connectivity index (χ4n) is 2.64. The molecule has 1 N–H and O–H groups in total. The van der Waals surface area contributed by atoms with Crippen molar-refractivity contribution in [2.24, 2.45) is 0 Å². The van der Waals surface area contributed by atoms with Crippen LogP contribution in [0, 0.1) is 6.92 Å². The van der Waals surface area contributed by atoms with Gasteiger partial charge in [0, 0.05) is 18.1 Å². The number of rotatable bonds is 10. The standard InChI is InChI=1S/C18H23N5O2/c1-14-13-17(25-21-14)7-5-3-2-4-6-12-24-16-10-8-15(9-11-16)18-19-22-23-20-18/h8-11,13H,2-7,12H2,1H3,(H,19,20,22,23). The third-order valence-electron chi connectivity index (χ3n) is 3.97. The third kappa shape index (κ3) is 5.41. The first-order valence-corrected chi connectivity index (χ1v) is 8.70. The molecule has 132 valence electrons. The van der Waals surface area contributed by atoms with Crippen LogP contribution in [0.2, 0.25) is 0 Å². The van der Waals surface area contributed by atoms with Crippen molar-refractivity contribution < 1.29 is 9.26 Å². The van der Waals surface area contributed by atoms with Gasteiger partial charge in [0.05, 0.1) is 12.3 Å². The molecule has 25 heavy (non-hydrogen) atoms. The maximum Gasteiger partial charge on any atom is 0.204 e. The zero-order valence-corrected chi connectivity index (χ0v) is 14.4. The number of aromatic amines is 1. The molecule has 0 bridgehead atoms. The van der Waals surface area contributed by atoms with E-state index in [2.05, 4.69) is 25.8 Å². The Bertz CT molecular complexity index is 737. The smallest absolute Gasteiger partial charge is 0.204 e. The van der Waals surface area contributed by atoms with E-state index in [-0.39, 0.29) is 0 Å². The van der Waals surface area contributed by atoms with Crippen molar-refractivity contribution >= 4 is 0 Å². The lowest BCUT2D eigenvalue weighted by molar-refractivity contribution is 0.304. The van der Waals surface area contributed by atoms with Gasteiger partial charge in [0.1, 0.15) is 11.5 Å². The zero-order valence-electron chi connectivity index (χ0n) is 14.4. The van der Waals surface area contributed by atoms with Crippen LogP contribution in [-0.2, 0) is 6.42 Å².